The maximum absolute atomic E-state index is 15.1. The first-order valence-corrected chi connectivity index (χ1v) is 12.4. The highest BCUT2D eigenvalue weighted by Crippen LogP contribution is 2.47. The minimum absolute atomic E-state index is 0. The summed E-state index contributed by atoms with van der Waals surface area (Å²) in [5, 5.41) is 14.5. The molecule has 0 saturated heterocycles. The average molecular weight is 581 g/mol. The van der Waals surface area contributed by atoms with E-state index < -0.39 is 41.4 Å². The van der Waals surface area contributed by atoms with Crippen LogP contribution >= 0.6 is 0 Å². The summed E-state index contributed by atoms with van der Waals surface area (Å²) < 4.78 is 44.6. The van der Waals surface area contributed by atoms with Crippen LogP contribution in [0.1, 0.15) is 12.8 Å². The Morgan fingerprint density at radius 3 is 2.17 bits per heavy atom. The molecule has 0 unspecified atom stereocenters. The van der Waals surface area contributed by atoms with E-state index in [2.05, 4.69) is 15.6 Å². The van der Waals surface area contributed by atoms with Crippen molar-refractivity contribution in [3.8, 4) is 23.0 Å². The van der Waals surface area contributed by atoms with Crippen LogP contribution in [0, 0.1) is 17.0 Å². The van der Waals surface area contributed by atoms with Crippen LogP contribution in [0.15, 0.2) is 66.9 Å². The fraction of sp³-hybridized carbons (Fsp3) is 0.172. The van der Waals surface area contributed by atoms with Gasteiger partial charge < -0.3 is 36.1 Å². The minimum atomic E-state index is -1.30. The fourth-order valence-corrected chi connectivity index (χ4v) is 4.13. The largest absolute Gasteiger partial charge is 0.493 e. The number of fused-ring (bicyclic) bond motifs is 1. The highest BCUT2D eigenvalue weighted by molar-refractivity contribution is 6.16. The number of nitrogens with zero attached hydrogens (tertiary/aromatic N) is 1. The first kappa shape index (κ1) is 29.7. The summed E-state index contributed by atoms with van der Waals surface area (Å²) in [5.74, 6) is -3.01. The van der Waals surface area contributed by atoms with Crippen molar-refractivity contribution in [2.75, 3.05) is 24.4 Å². The molecule has 1 fully saturated rings. The minimum Gasteiger partial charge on any atom is -0.493 e. The summed E-state index contributed by atoms with van der Waals surface area (Å²) >= 11 is 0. The topological polar surface area (TPSA) is 171 Å². The molecule has 1 aliphatic rings. The second-order valence-corrected chi connectivity index (χ2v) is 9.26. The molecule has 2 amide bonds. The molecule has 0 spiro atoms. The third-order valence-electron chi connectivity index (χ3n) is 6.47. The van der Waals surface area contributed by atoms with Crippen LogP contribution in [0.2, 0.25) is 0 Å². The number of nitrogens with one attached hydrogen (secondary N) is 2. The molecule has 0 bridgehead atoms. The molecule has 218 valence electrons. The summed E-state index contributed by atoms with van der Waals surface area (Å²) in [4.78, 5) is 40.8. The molecule has 4 aromatic rings. The van der Waals surface area contributed by atoms with Gasteiger partial charge in [-0.3, -0.25) is 14.6 Å². The number of aromatic nitrogens is 1. The van der Waals surface area contributed by atoms with Crippen LogP contribution in [0.3, 0.4) is 0 Å². The molecule has 0 atom stereocenters. The van der Waals surface area contributed by atoms with Crippen molar-refractivity contribution < 1.29 is 42.5 Å². The molecule has 42 heavy (non-hydrogen) atoms. The van der Waals surface area contributed by atoms with Gasteiger partial charge in [-0.2, -0.15) is 0 Å². The van der Waals surface area contributed by atoms with Crippen molar-refractivity contribution in [2.24, 2.45) is 5.41 Å². The smallest absolute Gasteiger partial charge is 0.341 e. The van der Waals surface area contributed by atoms with Gasteiger partial charge in [-0.25, -0.2) is 13.6 Å². The first-order valence-electron chi connectivity index (χ1n) is 12.4. The molecule has 6 N–H and O–H groups in total. The van der Waals surface area contributed by atoms with E-state index >= 15 is 4.39 Å². The van der Waals surface area contributed by atoms with Crippen LogP contribution in [-0.4, -0.2) is 41.6 Å². The van der Waals surface area contributed by atoms with Gasteiger partial charge in [0.1, 0.15) is 17.0 Å². The van der Waals surface area contributed by atoms with Gasteiger partial charge in [0.25, 0.3) is 0 Å². The van der Waals surface area contributed by atoms with E-state index in [1.165, 1.54) is 67.9 Å². The molecule has 1 saturated carbocycles. The second-order valence-electron chi connectivity index (χ2n) is 9.26. The number of ether oxygens (including phenoxy) is 3. The first-order chi connectivity index (χ1) is 19.7. The molecule has 0 radical (unpaired) electrons. The van der Waals surface area contributed by atoms with Gasteiger partial charge in [0, 0.05) is 35.1 Å². The van der Waals surface area contributed by atoms with Gasteiger partial charge in [0.05, 0.1) is 12.6 Å². The zero-order valence-corrected chi connectivity index (χ0v) is 22.3. The van der Waals surface area contributed by atoms with Crippen molar-refractivity contribution in [3.05, 3.63) is 78.5 Å². The lowest BCUT2D eigenvalue weighted by molar-refractivity contribution is -0.139. The van der Waals surface area contributed by atoms with Gasteiger partial charge in [-0.05, 0) is 61.4 Å². The van der Waals surface area contributed by atoms with E-state index in [9.17, 15) is 18.8 Å². The zero-order valence-electron chi connectivity index (χ0n) is 22.3. The number of hydrogen-bond acceptors (Lipinski definition) is 8. The highest BCUT2D eigenvalue weighted by atomic mass is 19.1. The number of amides is 2. The zero-order chi connectivity index (χ0) is 29.1. The number of aliphatic carboxylic acids is 1. The summed E-state index contributed by atoms with van der Waals surface area (Å²) in [6, 6.07) is 13.6. The van der Waals surface area contributed by atoms with Crippen molar-refractivity contribution in [1.29, 1.82) is 0 Å². The van der Waals surface area contributed by atoms with Crippen molar-refractivity contribution in [3.63, 3.8) is 0 Å². The molecule has 5 rings (SSSR count). The fourth-order valence-electron chi connectivity index (χ4n) is 4.13. The Hall–Kier alpha value is -5.30. The molecule has 1 heterocycles. The molecule has 3 aromatic carbocycles. The Kier molecular flexibility index (Phi) is 8.52. The molecule has 1 aromatic heterocycles. The van der Waals surface area contributed by atoms with Crippen molar-refractivity contribution >= 4 is 40.1 Å². The predicted octanol–water partition coefficient (Wildman–Crippen LogP) is 5.30. The maximum atomic E-state index is 15.1. The van der Waals surface area contributed by atoms with Crippen LogP contribution in [0.5, 0.6) is 23.0 Å². The number of carboxylic acid groups (broad SMARTS) is 1. The lowest BCUT2D eigenvalue weighted by atomic mass is 10.0. The lowest BCUT2D eigenvalue weighted by Crippen LogP contribution is -2.35. The lowest BCUT2D eigenvalue weighted by Gasteiger charge is -2.16. The second kappa shape index (κ2) is 12.1. The number of anilines is 2. The number of hydrogen-bond donors (Lipinski definition) is 4. The van der Waals surface area contributed by atoms with Crippen LogP contribution in [-0.2, 0) is 14.4 Å². The third kappa shape index (κ3) is 6.20. The Labute approximate surface area is 238 Å². The predicted molar refractivity (Wildman–Crippen MR) is 148 cm³/mol. The molecule has 13 heteroatoms. The van der Waals surface area contributed by atoms with E-state index in [-0.39, 0.29) is 34.8 Å². The Balaban J connectivity index is 0.00000405. The standard InChI is InChI=1S/C29H23F2N3O7.H3N/c1-39-24-13-19-21(14-25(24)40-15-26(35)36)32-11-8-22(19)41-23-7-6-18(12-20(23)31)34-28(38)29(9-10-29)27(37)33-17-4-2-16(30)3-5-17;/h2-8,11-14H,9-10,15H2,1H3,(H,33,37)(H,34,38)(H,35,36);1H3. The van der Waals surface area contributed by atoms with Gasteiger partial charge in [-0.1, -0.05) is 0 Å². The van der Waals surface area contributed by atoms with E-state index in [4.69, 9.17) is 19.3 Å². The SMILES string of the molecule is COc1cc2c(Oc3ccc(NC(=O)C4(C(=O)Nc5ccc(F)cc5)CC4)cc3F)ccnc2cc1OCC(=O)O.N. The number of benzene rings is 3. The highest BCUT2D eigenvalue weighted by Gasteiger charge is 2.56. The number of rotatable bonds is 10. The average Bonchev–Trinajstić information content (AvgIpc) is 3.77. The maximum Gasteiger partial charge on any atom is 0.341 e. The Morgan fingerprint density at radius 2 is 1.55 bits per heavy atom. The van der Waals surface area contributed by atoms with E-state index in [0.29, 0.717) is 29.4 Å². The van der Waals surface area contributed by atoms with Crippen LogP contribution < -0.4 is 31.0 Å². The van der Waals surface area contributed by atoms with Gasteiger partial charge in [0.2, 0.25) is 11.8 Å². The summed E-state index contributed by atoms with van der Waals surface area (Å²) in [5.41, 5.74) is -0.431. The quantitative estimate of drug-likeness (QED) is 0.182. The number of pyridine rings is 1. The summed E-state index contributed by atoms with van der Waals surface area (Å²) in [6.07, 6.45) is 2.07. The van der Waals surface area contributed by atoms with Gasteiger partial charge >= 0.3 is 5.97 Å². The summed E-state index contributed by atoms with van der Waals surface area (Å²) in [7, 11) is 1.39. The normalized spacial score (nSPS) is 12.9. The summed E-state index contributed by atoms with van der Waals surface area (Å²) in [6.45, 7) is -0.577. The third-order valence-corrected chi connectivity index (χ3v) is 6.47. The van der Waals surface area contributed by atoms with E-state index in [1.54, 1.807) is 0 Å². The Bertz CT molecular complexity index is 1660. The van der Waals surface area contributed by atoms with Crippen LogP contribution in [0.25, 0.3) is 10.9 Å². The molecule has 0 aliphatic heterocycles. The molecule has 11 nitrogen and oxygen atoms in total. The molecular formula is C29H26F2N4O7. The van der Waals surface area contributed by atoms with E-state index in [1.807, 2.05) is 0 Å². The molecule has 1 aliphatic carbocycles. The molecular weight excluding hydrogens is 554 g/mol. The van der Waals surface area contributed by atoms with E-state index in [0.717, 1.165) is 6.07 Å². The number of methoxy groups -OCH3 is 1. The number of carboxylic acids is 1. The van der Waals surface area contributed by atoms with Crippen molar-refractivity contribution in [1.82, 2.24) is 11.1 Å². The number of halogens is 2. The monoisotopic (exact) mass is 580 g/mol. The number of carbonyl (C=O) groups excluding carboxylic acids is 2. The van der Waals surface area contributed by atoms with Crippen LogP contribution in [0.4, 0.5) is 20.2 Å². The van der Waals surface area contributed by atoms with Gasteiger partial charge in [0.15, 0.2) is 29.7 Å². The van der Waals surface area contributed by atoms with Crippen molar-refractivity contribution in [2.45, 2.75) is 12.8 Å². The number of carbonyl (C=O) groups is 3. The van der Waals surface area contributed by atoms with Gasteiger partial charge in [-0.15, -0.1) is 0 Å². The Morgan fingerprint density at radius 1 is 0.881 bits per heavy atom.